The van der Waals surface area contributed by atoms with E-state index in [0.29, 0.717) is 11.9 Å². The summed E-state index contributed by atoms with van der Waals surface area (Å²) in [5.41, 5.74) is 8.12. The molecular formula is C13H21N3. The molecule has 1 aromatic rings. The fourth-order valence-corrected chi connectivity index (χ4v) is 2.60. The standard InChI is InChI=1S/C13H21N3/c1-10-8-13(14)15-9-12(10)16(2)11-6-4-3-5-7-11/h8-9,11H,3-7H2,1-2H3,(H2,14,15). The van der Waals surface area contributed by atoms with E-state index in [-0.39, 0.29) is 0 Å². The number of aromatic nitrogens is 1. The summed E-state index contributed by atoms with van der Waals surface area (Å²) in [6.07, 6.45) is 8.62. The topological polar surface area (TPSA) is 42.1 Å². The minimum atomic E-state index is 0.610. The minimum absolute atomic E-state index is 0.610. The second-order valence-electron chi connectivity index (χ2n) is 4.80. The highest BCUT2D eigenvalue weighted by Crippen LogP contribution is 2.28. The predicted molar refractivity (Wildman–Crippen MR) is 68.7 cm³/mol. The third kappa shape index (κ3) is 2.29. The lowest BCUT2D eigenvalue weighted by molar-refractivity contribution is 0.427. The lowest BCUT2D eigenvalue weighted by Gasteiger charge is -2.33. The largest absolute Gasteiger partial charge is 0.384 e. The third-order valence-electron chi connectivity index (χ3n) is 3.61. The number of rotatable bonds is 2. The smallest absolute Gasteiger partial charge is 0.123 e. The molecule has 0 aromatic carbocycles. The van der Waals surface area contributed by atoms with Gasteiger partial charge >= 0.3 is 0 Å². The molecule has 0 aliphatic heterocycles. The zero-order valence-corrected chi connectivity index (χ0v) is 10.2. The maximum absolute atomic E-state index is 5.68. The Morgan fingerprint density at radius 2 is 2.00 bits per heavy atom. The summed E-state index contributed by atoms with van der Waals surface area (Å²) < 4.78 is 0. The van der Waals surface area contributed by atoms with Gasteiger partial charge < -0.3 is 10.6 Å². The number of pyridine rings is 1. The van der Waals surface area contributed by atoms with Crippen LogP contribution in [0.1, 0.15) is 37.7 Å². The molecule has 0 amide bonds. The van der Waals surface area contributed by atoms with Gasteiger partial charge in [-0.3, -0.25) is 0 Å². The highest BCUT2D eigenvalue weighted by molar-refractivity contribution is 5.55. The molecular weight excluding hydrogens is 198 g/mol. The molecule has 0 unspecified atom stereocenters. The van der Waals surface area contributed by atoms with Crippen LogP contribution in [0.3, 0.4) is 0 Å². The van der Waals surface area contributed by atoms with Gasteiger partial charge in [-0.25, -0.2) is 4.98 Å². The quantitative estimate of drug-likeness (QED) is 0.831. The van der Waals surface area contributed by atoms with Gasteiger partial charge in [0, 0.05) is 13.1 Å². The Hall–Kier alpha value is -1.25. The number of nitrogens with two attached hydrogens (primary N) is 1. The summed E-state index contributed by atoms with van der Waals surface area (Å²) in [5, 5.41) is 0. The molecule has 88 valence electrons. The molecule has 1 aromatic heterocycles. The molecule has 0 spiro atoms. The molecule has 1 heterocycles. The van der Waals surface area contributed by atoms with E-state index in [2.05, 4.69) is 23.9 Å². The van der Waals surface area contributed by atoms with Crippen LogP contribution in [0.2, 0.25) is 0 Å². The predicted octanol–water partition coefficient (Wildman–Crippen LogP) is 2.74. The van der Waals surface area contributed by atoms with Crippen molar-refractivity contribution in [3.63, 3.8) is 0 Å². The van der Waals surface area contributed by atoms with E-state index in [4.69, 9.17) is 5.73 Å². The van der Waals surface area contributed by atoms with Gasteiger partial charge in [0.1, 0.15) is 5.82 Å². The molecule has 2 N–H and O–H groups in total. The Morgan fingerprint density at radius 1 is 1.31 bits per heavy atom. The zero-order valence-electron chi connectivity index (χ0n) is 10.2. The lowest BCUT2D eigenvalue weighted by atomic mass is 9.94. The first-order chi connectivity index (χ1) is 7.68. The number of hydrogen-bond donors (Lipinski definition) is 1. The summed E-state index contributed by atoms with van der Waals surface area (Å²) in [7, 11) is 2.18. The highest BCUT2D eigenvalue weighted by atomic mass is 15.1. The summed E-state index contributed by atoms with van der Waals surface area (Å²) >= 11 is 0. The first-order valence-corrected chi connectivity index (χ1v) is 6.13. The number of aryl methyl sites for hydroxylation is 1. The van der Waals surface area contributed by atoms with Crippen molar-refractivity contribution in [1.29, 1.82) is 0 Å². The fourth-order valence-electron chi connectivity index (χ4n) is 2.60. The lowest BCUT2D eigenvalue weighted by Crippen LogP contribution is -2.33. The van der Waals surface area contributed by atoms with E-state index in [1.54, 1.807) is 0 Å². The van der Waals surface area contributed by atoms with Gasteiger partial charge in [-0.1, -0.05) is 19.3 Å². The van der Waals surface area contributed by atoms with Crippen LogP contribution in [0.25, 0.3) is 0 Å². The summed E-state index contributed by atoms with van der Waals surface area (Å²) in [6.45, 7) is 2.10. The van der Waals surface area contributed by atoms with Gasteiger partial charge in [-0.2, -0.15) is 0 Å². The van der Waals surface area contributed by atoms with E-state index >= 15 is 0 Å². The van der Waals surface area contributed by atoms with Crippen molar-refractivity contribution in [2.75, 3.05) is 17.7 Å². The normalized spacial score (nSPS) is 17.4. The molecule has 1 aliphatic carbocycles. The van der Waals surface area contributed by atoms with Gasteiger partial charge in [0.05, 0.1) is 11.9 Å². The molecule has 1 fully saturated rings. The van der Waals surface area contributed by atoms with E-state index in [1.165, 1.54) is 43.4 Å². The fraction of sp³-hybridized carbons (Fsp3) is 0.615. The Morgan fingerprint density at radius 3 is 2.62 bits per heavy atom. The van der Waals surface area contributed by atoms with Crippen molar-refractivity contribution < 1.29 is 0 Å². The summed E-state index contributed by atoms with van der Waals surface area (Å²) in [4.78, 5) is 6.57. The van der Waals surface area contributed by atoms with E-state index in [0.717, 1.165) is 0 Å². The maximum Gasteiger partial charge on any atom is 0.123 e. The van der Waals surface area contributed by atoms with Gasteiger partial charge in [0.2, 0.25) is 0 Å². The molecule has 0 saturated heterocycles. The van der Waals surface area contributed by atoms with Gasteiger partial charge in [-0.05, 0) is 31.4 Å². The minimum Gasteiger partial charge on any atom is -0.384 e. The van der Waals surface area contributed by atoms with Crippen LogP contribution in [-0.2, 0) is 0 Å². The average molecular weight is 219 g/mol. The zero-order chi connectivity index (χ0) is 11.5. The molecule has 0 bridgehead atoms. The van der Waals surface area contributed by atoms with Crippen molar-refractivity contribution >= 4 is 11.5 Å². The van der Waals surface area contributed by atoms with Crippen LogP contribution in [0, 0.1) is 6.92 Å². The average Bonchev–Trinajstić information content (AvgIpc) is 2.29. The second kappa shape index (κ2) is 4.73. The number of hydrogen-bond acceptors (Lipinski definition) is 3. The molecule has 0 radical (unpaired) electrons. The van der Waals surface area contributed by atoms with Gasteiger partial charge in [0.25, 0.3) is 0 Å². The maximum atomic E-state index is 5.68. The van der Waals surface area contributed by atoms with E-state index in [9.17, 15) is 0 Å². The molecule has 16 heavy (non-hydrogen) atoms. The summed E-state index contributed by atoms with van der Waals surface area (Å²) in [6, 6.07) is 2.63. The molecule has 3 nitrogen and oxygen atoms in total. The van der Waals surface area contributed by atoms with Crippen LogP contribution in [-0.4, -0.2) is 18.1 Å². The van der Waals surface area contributed by atoms with Gasteiger partial charge in [0.15, 0.2) is 0 Å². The Bertz CT molecular complexity index is 356. The number of nitrogens with zero attached hydrogens (tertiary/aromatic N) is 2. The van der Waals surface area contributed by atoms with Crippen LogP contribution < -0.4 is 10.6 Å². The van der Waals surface area contributed by atoms with Gasteiger partial charge in [-0.15, -0.1) is 0 Å². The van der Waals surface area contributed by atoms with Crippen molar-refractivity contribution in [3.8, 4) is 0 Å². The Kier molecular flexibility index (Phi) is 3.32. The highest BCUT2D eigenvalue weighted by Gasteiger charge is 2.19. The monoisotopic (exact) mass is 219 g/mol. The number of anilines is 2. The SMILES string of the molecule is Cc1cc(N)ncc1N(C)C1CCCCC1. The first kappa shape index (κ1) is 11.2. The van der Waals surface area contributed by atoms with Crippen LogP contribution in [0.5, 0.6) is 0 Å². The van der Waals surface area contributed by atoms with Crippen molar-refractivity contribution in [2.24, 2.45) is 0 Å². The third-order valence-corrected chi connectivity index (χ3v) is 3.61. The van der Waals surface area contributed by atoms with Crippen LogP contribution in [0.4, 0.5) is 11.5 Å². The number of nitrogen functional groups attached to an aromatic ring is 1. The van der Waals surface area contributed by atoms with Crippen molar-refractivity contribution in [2.45, 2.75) is 45.1 Å². The van der Waals surface area contributed by atoms with Crippen LogP contribution >= 0.6 is 0 Å². The van der Waals surface area contributed by atoms with Crippen molar-refractivity contribution in [1.82, 2.24) is 4.98 Å². The first-order valence-electron chi connectivity index (χ1n) is 6.13. The second-order valence-corrected chi connectivity index (χ2v) is 4.80. The van der Waals surface area contributed by atoms with Crippen molar-refractivity contribution in [3.05, 3.63) is 17.8 Å². The van der Waals surface area contributed by atoms with Crippen LogP contribution in [0.15, 0.2) is 12.3 Å². The molecule has 2 rings (SSSR count). The Labute approximate surface area is 97.7 Å². The molecule has 0 atom stereocenters. The summed E-state index contributed by atoms with van der Waals surface area (Å²) in [5.74, 6) is 0.610. The molecule has 1 aliphatic rings. The Balaban J connectivity index is 2.15. The van der Waals surface area contributed by atoms with E-state index < -0.39 is 0 Å². The molecule has 1 saturated carbocycles. The molecule has 3 heteroatoms. The van der Waals surface area contributed by atoms with E-state index in [1.807, 2.05) is 12.3 Å².